The van der Waals surface area contributed by atoms with E-state index in [9.17, 15) is 9.59 Å². The van der Waals surface area contributed by atoms with E-state index in [1.807, 2.05) is 60.7 Å². The number of anilines is 1. The van der Waals surface area contributed by atoms with Gasteiger partial charge in [-0.1, -0.05) is 78.3 Å². The molecule has 0 spiro atoms. The van der Waals surface area contributed by atoms with Gasteiger partial charge in [0.1, 0.15) is 5.02 Å². The molecule has 0 atom stereocenters. The van der Waals surface area contributed by atoms with Crippen LogP contribution < -0.4 is 15.7 Å². The average Bonchev–Trinajstić information content (AvgIpc) is 2.85. The number of nitrogens with zero attached hydrogens (tertiary/aromatic N) is 1. The first-order valence-corrected chi connectivity index (χ1v) is 10.9. The van der Waals surface area contributed by atoms with Gasteiger partial charge in [-0.2, -0.15) is 0 Å². The zero-order chi connectivity index (χ0) is 23.2. The van der Waals surface area contributed by atoms with Crippen LogP contribution in [0, 0.1) is 0 Å². The normalized spacial score (nSPS) is 10.7. The van der Waals surface area contributed by atoms with Crippen molar-refractivity contribution in [2.24, 2.45) is 0 Å². The van der Waals surface area contributed by atoms with Gasteiger partial charge in [-0.15, -0.1) is 0 Å². The number of benzene rings is 3. The van der Waals surface area contributed by atoms with E-state index < -0.39 is 5.63 Å². The molecule has 0 saturated carbocycles. The Hall–Kier alpha value is -3.77. The van der Waals surface area contributed by atoms with Gasteiger partial charge < -0.3 is 19.4 Å². The fourth-order valence-electron chi connectivity index (χ4n) is 3.57. The summed E-state index contributed by atoms with van der Waals surface area (Å²) in [7, 11) is 1.38. The Morgan fingerprint density at radius 1 is 0.970 bits per heavy atom. The van der Waals surface area contributed by atoms with Crippen molar-refractivity contribution in [2.75, 3.05) is 19.0 Å². The minimum atomic E-state index is -0.590. The lowest BCUT2D eigenvalue weighted by atomic mass is 10.1. The molecule has 2 amide bonds. The third kappa shape index (κ3) is 5.35. The lowest BCUT2D eigenvalue weighted by Gasteiger charge is -2.23. The topological polar surface area (TPSA) is 71.8 Å². The van der Waals surface area contributed by atoms with E-state index in [2.05, 4.69) is 5.32 Å². The summed E-state index contributed by atoms with van der Waals surface area (Å²) in [5.41, 5.74) is 2.06. The van der Waals surface area contributed by atoms with Crippen molar-refractivity contribution in [3.63, 3.8) is 0 Å². The van der Waals surface area contributed by atoms with E-state index in [4.69, 9.17) is 20.8 Å². The SMILES string of the molecule is COc1oc(=O)c2cc(NC(=O)N(CCc3ccccc3)Cc3ccccc3)ccc2c1Cl. The van der Waals surface area contributed by atoms with Crippen LogP contribution in [0.3, 0.4) is 0 Å². The van der Waals surface area contributed by atoms with Crippen molar-refractivity contribution < 1.29 is 13.9 Å². The van der Waals surface area contributed by atoms with Crippen LogP contribution in [0.5, 0.6) is 5.95 Å². The van der Waals surface area contributed by atoms with Crippen molar-refractivity contribution in [3.05, 3.63) is 105 Å². The summed E-state index contributed by atoms with van der Waals surface area (Å²) < 4.78 is 10.1. The lowest BCUT2D eigenvalue weighted by molar-refractivity contribution is 0.210. The molecule has 1 heterocycles. The highest BCUT2D eigenvalue weighted by Crippen LogP contribution is 2.31. The second kappa shape index (κ2) is 10.2. The lowest BCUT2D eigenvalue weighted by Crippen LogP contribution is -2.36. The highest BCUT2D eigenvalue weighted by molar-refractivity contribution is 6.36. The average molecular weight is 463 g/mol. The van der Waals surface area contributed by atoms with Crippen molar-refractivity contribution in [2.45, 2.75) is 13.0 Å². The van der Waals surface area contributed by atoms with Gasteiger partial charge in [0.25, 0.3) is 0 Å². The zero-order valence-corrected chi connectivity index (χ0v) is 18.8. The van der Waals surface area contributed by atoms with Crippen LogP contribution >= 0.6 is 11.6 Å². The van der Waals surface area contributed by atoms with Crippen LogP contribution in [-0.4, -0.2) is 24.6 Å². The Kier molecular flexibility index (Phi) is 6.95. The maximum Gasteiger partial charge on any atom is 0.346 e. The molecule has 4 rings (SSSR count). The first-order valence-electron chi connectivity index (χ1n) is 10.5. The fraction of sp³-hybridized carbons (Fsp3) is 0.154. The maximum atomic E-state index is 13.2. The zero-order valence-electron chi connectivity index (χ0n) is 18.1. The van der Waals surface area contributed by atoms with E-state index in [-0.39, 0.29) is 22.4 Å². The van der Waals surface area contributed by atoms with E-state index in [0.29, 0.717) is 24.2 Å². The highest BCUT2D eigenvalue weighted by atomic mass is 35.5. The standard InChI is InChI=1S/C26H23ClN2O4/c1-32-25-23(27)21-13-12-20(16-22(21)24(30)33-25)28-26(31)29(17-19-10-6-3-7-11-19)15-14-18-8-4-2-5-9-18/h2-13,16H,14-15,17H2,1H3,(H,28,31). The number of nitrogens with one attached hydrogen (secondary N) is 1. The molecule has 7 heteroatoms. The van der Waals surface area contributed by atoms with Gasteiger partial charge in [-0.25, -0.2) is 9.59 Å². The first-order chi connectivity index (χ1) is 16.0. The number of amides is 2. The molecule has 0 saturated heterocycles. The molecule has 6 nitrogen and oxygen atoms in total. The van der Waals surface area contributed by atoms with Crippen LogP contribution in [0.25, 0.3) is 10.8 Å². The molecule has 33 heavy (non-hydrogen) atoms. The van der Waals surface area contributed by atoms with Gasteiger partial charge in [-0.05, 0) is 29.7 Å². The Morgan fingerprint density at radius 3 is 2.30 bits per heavy atom. The molecule has 0 bridgehead atoms. The van der Waals surface area contributed by atoms with E-state index in [1.165, 1.54) is 7.11 Å². The van der Waals surface area contributed by atoms with Gasteiger partial charge >= 0.3 is 17.6 Å². The third-order valence-corrected chi connectivity index (χ3v) is 5.65. The number of carbonyl (C=O) groups is 1. The van der Waals surface area contributed by atoms with Crippen LogP contribution in [-0.2, 0) is 13.0 Å². The predicted octanol–water partition coefficient (Wildman–Crippen LogP) is 5.73. The Balaban J connectivity index is 1.57. The molecule has 1 aromatic heterocycles. The molecule has 0 fully saturated rings. The minimum absolute atomic E-state index is 0.0408. The monoisotopic (exact) mass is 462 g/mol. The number of urea groups is 1. The molecular weight excluding hydrogens is 440 g/mol. The summed E-state index contributed by atoms with van der Waals surface area (Å²) >= 11 is 6.26. The van der Waals surface area contributed by atoms with E-state index in [1.54, 1.807) is 23.1 Å². The summed E-state index contributed by atoms with van der Waals surface area (Å²) in [5, 5.41) is 3.86. The van der Waals surface area contributed by atoms with Crippen LogP contribution in [0.15, 0.2) is 88.1 Å². The first kappa shape index (κ1) is 22.4. The van der Waals surface area contributed by atoms with Gasteiger partial charge in [0.15, 0.2) is 0 Å². The van der Waals surface area contributed by atoms with Gasteiger partial charge in [0.05, 0.1) is 12.5 Å². The molecule has 0 aliphatic heterocycles. The van der Waals surface area contributed by atoms with Crippen LogP contribution in [0.1, 0.15) is 11.1 Å². The van der Waals surface area contributed by atoms with E-state index >= 15 is 0 Å². The van der Waals surface area contributed by atoms with Crippen molar-refractivity contribution in [1.29, 1.82) is 0 Å². The number of rotatable bonds is 7. The second-order valence-electron chi connectivity index (χ2n) is 7.53. The molecule has 0 radical (unpaired) electrons. The number of hydrogen-bond acceptors (Lipinski definition) is 4. The molecule has 0 aliphatic carbocycles. The number of fused-ring (bicyclic) bond motifs is 1. The Bertz CT molecular complexity index is 1310. The van der Waals surface area contributed by atoms with E-state index in [0.717, 1.165) is 17.5 Å². The predicted molar refractivity (Wildman–Crippen MR) is 130 cm³/mol. The maximum absolute atomic E-state index is 13.2. The third-order valence-electron chi connectivity index (χ3n) is 5.29. The van der Waals surface area contributed by atoms with Crippen molar-refractivity contribution >= 4 is 34.1 Å². The number of carbonyl (C=O) groups excluding carboxylic acids is 1. The summed E-state index contributed by atoms with van der Waals surface area (Å²) in [6.45, 7) is 0.988. The molecule has 0 unspecified atom stereocenters. The summed E-state index contributed by atoms with van der Waals surface area (Å²) in [4.78, 5) is 27.3. The number of halogens is 1. The van der Waals surface area contributed by atoms with Gasteiger partial charge in [0.2, 0.25) is 0 Å². The molecule has 0 aliphatic rings. The number of methoxy groups -OCH3 is 1. The second-order valence-corrected chi connectivity index (χ2v) is 7.91. The number of ether oxygens (including phenoxy) is 1. The largest absolute Gasteiger partial charge is 0.467 e. The molecule has 1 N–H and O–H groups in total. The molecule has 3 aromatic carbocycles. The summed E-state index contributed by atoms with van der Waals surface area (Å²) in [5.74, 6) is -0.0408. The molecule has 168 valence electrons. The number of hydrogen-bond donors (Lipinski definition) is 1. The Labute approximate surface area is 196 Å². The Morgan fingerprint density at radius 2 is 1.64 bits per heavy atom. The van der Waals surface area contributed by atoms with Gasteiger partial charge in [-0.3, -0.25) is 0 Å². The highest BCUT2D eigenvalue weighted by Gasteiger charge is 2.17. The fourth-order valence-corrected chi connectivity index (χ4v) is 3.86. The molecule has 4 aromatic rings. The smallest absolute Gasteiger partial charge is 0.346 e. The van der Waals surface area contributed by atoms with Crippen LogP contribution in [0.2, 0.25) is 5.02 Å². The quantitative estimate of drug-likeness (QED) is 0.380. The van der Waals surface area contributed by atoms with Gasteiger partial charge in [0, 0.05) is 24.2 Å². The van der Waals surface area contributed by atoms with Crippen molar-refractivity contribution in [1.82, 2.24) is 4.90 Å². The summed E-state index contributed by atoms with van der Waals surface area (Å²) in [6.07, 6.45) is 0.720. The van der Waals surface area contributed by atoms with Crippen molar-refractivity contribution in [3.8, 4) is 5.95 Å². The molecular formula is C26H23ClN2O4. The van der Waals surface area contributed by atoms with Crippen LogP contribution in [0.4, 0.5) is 10.5 Å². The minimum Gasteiger partial charge on any atom is -0.467 e. The summed E-state index contributed by atoms with van der Waals surface area (Å²) in [6, 6.07) is 24.5.